The summed E-state index contributed by atoms with van der Waals surface area (Å²) >= 11 is 11.4. The molecule has 4 heteroatoms. The third-order valence-corrected chi connectivity index (χ3v) is 2.71. The van der Waals surface area contributed by atoms with Gasteiger partial charge in [0.2, 0.25) is 0 Å². The Balaban J connectivity index is 2.58. The highest BCUT2D eigenvalue weighted by molar-refractivity contribution is 6.31. The smallest absolute Gasteiger partial charge is 0.0945 e. The minimum absolute atomic E-state index is 0.190. The van der Waals surface area contributed by atoms with Gasteiger partial charge in [0, 0.05) is 27.7 Å². The second-order valence-electron chi connectivity index (χ2n) is 3.10. The average molecular weight is 230 g/mol. The van der Waals surface area contributed by atoms with Crippen molar-refractivity contribution in [3.05, 3.63) is 35.0 Å². The van der Waals surface area contributed by atoms with Crippen LogP contribution in [0.5, 0.6) is 0 Å². The Bertz CT molecular complexity index is 452. The van der Waals surface area contributed by atoms with Gasteiger partial charge in [-0.15, -0.1) is 11.6 Å². The van der Waals surface area contributed by atoms with Crippen LogP contribution in [0, 0.1) is 0 Å². The molecular weight excluding hydrogens is 221 g/mol. The summed E-state index contributed by atoms with van der Waals surface area (Å²) < 4.78 is 0. The fourth-order valence-corrected chi connectivity index (χ4v) is 1.82. The van der Waals surface area contributed by atoms with E-state index in [-0.39, 0.29) is 5.88 Å². The number of aliphatic hydroxyl groups excluding tert-OH is 1. The van der Waals surface area contributed by atoms with Crippen LogP contribution in [0.4, 0.5) is 0 Å². The lowest BCUT2D eigenvalue weighted by Crippen LogP contribution is -1.96. The fourth-order valence-electron chi connectivity index (χ4n) is 1.48. The molecule has 1 atom stereocenters. The Morgan fingerprint density at radius 3 is 2.93 bits per heavy atom. The van der Waals surface area contributed by atoms with Crippen molar-refractivity contribution in [1.82, 2.24) is 4.98 Å². The zero-order chi connectivity index (χ0) is 10.1. The Kier molecular flexibility index (Phi) is 2.68. The maximum absolute atomic E-state index is 9.60. The van der Waals surface area contributed by atoms with E-state index in [9.17, 15) is 5.11 Å². The van der Waals surface area contributed by atoms with Crippen molar-refractivity contribution >= 4 is 34.1 Å². The van der Waals surface area contributed by atoms with Gasteiger partial charge in [-0.3, -0.25) is 0 Å². The average Bonchev–Trinajstić information content (AvgIpc) is 2.59. The number of halogens is 2. The van der Waals surface area contributed by atoms with Gasteiger partial charge in [-0.1, -0.05) is 17.7 Å². The normalized spacial score (nSPS) is 13.4. The molecule has 0 radical (unpaired) electrons. The molecule has 0 aliphatic rings. The molecular formula is C10H9Cl2NO. The van der Waals surface area contributed by atoms with E-state index >= 15 is 0 Å². The van der Waals surface area contributed by atoms with E-state index in [0.29, 0.717) is 5.02 Å². The molecule has 74 valence electrons. The zero-order valence-electron chi connectivity index (χ0n) is 7.30. The number of benzene rings is 1. The van der Waals surface area contributed by atoms with Gasteiger partial charge in [0.25, 0.3) is 0 Å². The first-order valence-electron chi connectivity index (χ1n) is 4.23. The lowest BCUT2D eigenvalue weighted by atomic mass is 10.1. The number of aliphatic hydroxyl groups is 1. The number of fused-ring (bicyclic) bond motifs is 1. The van der Waals surface area contributed by atoms with E-state index in [2.05, 4.69) is 4.98 Å². The van der Waals surface area contributed by atoms with Crippen LogP contribution in [0.3, 0.4) is 0 Å². The molecule has 1 aromatic heterocycles. The number of hydrogen-bond acceptors (Lipinski definition) is 1. The summed E-state index contributed by atoms with van der Waals surface area (Å²) in [5.74, 6) is 0.190. The van der Waals surface area contributed by atoms with Gasteiger partial charge in [0.15, 0.2) is 0 Å². The van der Waals surface area contributed by atoms with Crippen molar-refractivity contribution < 1.29 is 5.11 Å². The number of aromatic nitrogens is 1. The van der Waals surface area contributed by atoms with Gasteiger partial charge < -0.3 is 10.1 Å². The Morgan fingerprint density at radius 2 is 2.21 bits per heavy atom. The number of aromatic amines is 1. The highest BCUT2D eigenvalue weighted by Crippen LogP contribution is 2.26. The van der Waals surface area contributed by atoms with Crippen molar-refractivity contribution in [3.63, 3.8) is 0 Å². The minimum atomic E-state index is -0.633. The lowest BCUT2D eigenvalue weighted by Gasteiger charge is -2.04. The molecule has 2 aromatic rings. The summed E-state index contributed by atoms with van der Waals surface area (Å²) in [5.41, 5.74) is 1.73. The molecule has 1 heterocycles. The number of rotatable bonds is 2. The van der Waals surface area contributed by atoms with Crippen LogP contribution < -0.4 is 0 Å². The molecule has 1 aromatic carbocycles. The summed E-state index contributed by atoms with van der Waals surface area (Å²) in [6, 6.07) is 5.49. The van der Waals surface area contributed by atoms with Crippen LogP contribution in [0.15, 0.2) is 24.4 Å². The van der Waals surface area contributed by atoms with Crippen LogP contribution in [0.2, 0.25) is 5.02 Å². The predicted octanol–water partition coefficient (Wildman–Crippen LogP) is 3.09. The van der Waals surface area contributed by atoms with Crippen molar-refractivity contribution in [2.45, 2.75) is 6.10 Å². The summed E-state index contributed by atoms with van der Waals surface area (Å²) in [5, 5.41) is 11.2. The molecule has 0 spiro atoms. The van der Waals surface area contributed by atoms with Gasteiger partial charge >= 0.3 is 0 Å². The van der Waals surface area contributed by atoms with Gasteiger partial charge in [0.05, 0.1) is 12.0 Å². The van der Waals surface area contributed by atoms with E-state index < -0.39 is 6.10 Å². The highest BCUT2D eigenvalue weighted by atomic mass is 35.5. The van der Waals surface area contributed by atoms with E-state index in [0.717, 1.165) is 16.5 Å². The fraction of sp³-hybridized carbons (Fsp3) is 0.200. The monoisotopic (exact) mass is 229 g/mol. The third kappa shape index (κ3) is 1.61. The van der Waals surface area contributed by atoms with E-state index in [1.54, 1.807) is 12.3 Å². The van der Waals surface area contributed by atoms with Gasteiger partial charge in [-0.25, -0.2) is 0 Å². The largest absolute Gasteiger partial charge is 0.387 e. The molecule has 0 amide bonds. The Hall–Kier alpha value is -0.700. The number of alkyl halides is 1. The van der Waals surface area contributed by atoms with Crippen LogP contribution in [0.1, 0.15) is 11.7 Å². The van der Waals surface area contributed by atoms with Crippen LogP contribution in [0.25, 0.3) is 10.9 Å². The number of H-pyrrole nitrogens is 1. The first-order chi connectivity index (χ1) is 6.72. The zero-order valence-corrected chi connectivity index (χ0v) is 8.81. The molecule has 0 fully saturated rings. The number of nitrogens with one attached hydrogen (secondary N) is 1. The minimum Gasteiger partial charge on any atom is -0.387 e. The molecule has 2 N–H and O–H groups in total. The summed E-state index contributed by atoms with van der Waals surface area (Å²) in [7, 11) is 0. The maximum atomic E-state index is 9.60. The predicted molar refractivity (Wildman–Crippen MR) is 59.0 cm³/mol. The van der Waals surface area contributed by atoms with Gasteiger partial charge in [-0.05, 0) is 12.1 Å². The third-order valence-electron chi connectivity index (χ3n) is 2.18. The van der Waals surface area contributed by atoms with Crippen LogP contribution in [-0.2, 0) is 0 Å². The van der Waals surface area contributed by atoms with Crippen molar-refractivity contribution in [3.8, 4) is 0 Å². The molecule has 14 heavy (non-hydrogen) atoms. The van der Waals surface area contributed by atoms with Crippen molar-refractivity contribution in [2.75, 3.05) is 5.88 Å². The Labute approximate surface area is 91.5 Å². The van der Waals surface area contributed by atoms with Crippen molar-refractivity contribution in [1.29, 1.82) is 0 Å². The first-order valence-corrected chi connectivity index (χ1v) is 5.14. The quantitative estimate of drug-likeness (QED) is 0.764. The van der Waals surface area contributed by atoms with Gasteiger partial charge in [-0.2, -0.15) is 0 Å². The molecule has 0 saturated carbocycles. The summed E-state index contributed by atoms with van der Waals surface area (Å²) in [4.78, 5) is 3.04. The molecule has 0 aliphatic carbocycles. The lowest BCUT2D eigenvalue weighted by molar-refractivity contribution is 0.204. The summed E-state index contributed by atoms with van der Waals surface area (Å²) in [6.07, 6.45) is 1.13. The second-order valence-corrected chi connectivity index (χ2v) is 3.85. The molecule has 0 saturated heterocycles. The first kappa shape index (κ1) is 9.84. The number of hydrogen-bond donors (Lipinski definition) is 2. The SMILES string of the molecule is OC(CCl)c1c[nH]c2cc(Cl)ccc12. The van der Waals surface area contributed by atoms with E-state index in [1.165, 1.54) is 0 Å². The Morgan fingerprint density at radius 1 is 1.43 bits per heavy atom. The van der Waals surface area contributed by atoms with E-state index in [4.69, 9.17) is 23.2 Å². The topological polar surface area (TPSA) is 36.0 Å². The van der Waals surface area contributed by atoms with Crippen LogP contribution >= 0.6 is 23.2 Å². The molecule has 1 unspecified atom stereocenters. The van der Waals surface area contributed by atoms with Crippen molar-refractivity contribution in [2.24, 2.45) is 0 Å². The molecule has 2 nitrogen and oxygen atoms in total. The standard InChI is InChI=1S/C10H9Cl2NO/c11-4-10(14)8-5-13-9-3-6(12)1-2-7(8)9/h1-3,5,10,13-14H,4H2. The van der Waals surface area contributed by atoms with Crippen LogP contribution in [-0.4, -0.2) is 16.0 Å². The molecule has 0 aliphatic heterocycles. The highest BCUT2D eigenvalue weighted by Gasteiger charge is 2.11. The molecule has 0 bridgehead atoms. The second kappa shape index (κ2) is 3.81. The van der Waals surface area contributed by atoms with Gasteiger partial charge in [0.1, 0.15) is 0 Å². The maximum Gasteiger partial charge on any atom is 0.0945 e. The summed E-state index contributed by atoms with van der Waals surface area (Å²) in [6.45, 7) is 0. The molecule has 2 rings (SSSR count). The van der Waals surface area contributed by atoms with E-state index in [1.807, 2.05) is 12.1 Å².